The molecular weight excluding hydrogens is 681 g/mol. The maximum absolute atomic E-state index is 11.9. The van der Waals surface area contributed by atoms with E-state index in [1.165, 1.54) is 51.3 Å². The molecule has 0 amide bonds. The molecule has 0 heterocycles. The predicted octanol–water partition coefficient (Wildman–Crippen LogP) is 8.54. The van der Waals surface area contributed by atoms with Crippen LogP contribution in [0.2, 0.25) is 0 Å². The number of ether oxygens (including phenoxy) is 5. The Morgan fingerprint density at radius 3 is 1.48 bits per heavy atom. The Morgan fingerprint density at radius 2 is 0.960 bits per heavy atom. The van der Waals surface area contributed by atoms with Crippen LogP contribution in [-0.2, 0) is 24.0 Å². The first-order valence-electron chi connectivity index (χ1n) is 15.3. The summed E-state index contributed by atoms with van der Waals surface area (Å²) in [6.45, 7) is 13.3. The van der Waals surface area contributed by atoms with Crippen molar-refractivity contribution in [2.24, 2.45) is 0 Å². The zero-order valence-electron chi connectivity index (χ0n) is 29.2. The van der Waals surface area contributed by atoms with Crippen LogP contribution in [0, 0.1) is 27.7 Å². The zero-order chi connectivity index (χ0) is 37.1. The van der Waals surface area contributed by atoms with Gasteiger partial charge in [-0.3, -0.25) is 24.0 Å². The summed E-state index contributed by atoms with van der Waals surface area (Å²) in [7, 11) is 0. The van der Waals surface area contributed by atoms with Crippen LogP contribution in [0.5, 0.6) is 28.7 Å². The van der Waals surface area contributed by atoms with E-state index in [-0.39, 0.29) is 23.2 Å². The standard InChI is InChI=1S/C24H26O8S.C14H12O2S/c1-11-9-19(29-15(5)25)12(2)20(10-11)33-24-14(4)22(31-17(7)27)21(30-16(6)26)13(3)23(24)32-18(8)28;1-11(15)16-12-7-9-14(10-8-12)17-13-5-3-2-4-6-13/h9-10H,1-8H3;2-10H,1H3. The number of carbonyl (C=O) groups is 5. The second-order valence-electron chi connectivity index (χ2n) is 10.9. The van der Waals surface area contributed by atoms with Gasteiger partial charge in [-0.25, -0.2) is 0 Å². The summed E-state index contributed by atoms with van der Waals surface area (Å²) in [6, 6.07) is 21.3. The molecule has 0 atom stereocenters. The van der Waals surface area contributed by atoms with E-state index in [1.807, 2.05) is 43.3 Å². The third-order valence-corrected chi connectivity index (χ3v) is 8.85. The van der Waals surface area contributed by atoms with E-state index in [0.717, 1.165) is 15.4 Å². The van der Waals surface area contributed by atoms with Gasteiger partial charge in [0.05, 0.1) is 4.90 Å². The SMILES string of the molecule is CC(=O)Oc1cc(C)cc(Sc2c(C)c(OC(C)=O)c(OC(C)=O)c(C)c2OC(C)=O)c1C.CC(=O)Oc1ccc(Sc2ccccc2)cc1. The molecule has 0 saturated carbocycles. The second-order valence-corrected chi connectivity index (χ2v) is 13.1. The lowest BCUT2D eigenvalue weighted by atomic mass is 10.1. The molecule has 0 bridgehead atoms. The van der Waals surface area contributed by atoms with Crippen molar-refractivity contribution >= 4 is 53.4 Å². The number of hydrogen-bond donors (Lipinski definition) is 0. The van der Waals surface area contributed by atoms with Crippen LogP contribution in [0.1, 0.15) is 56.9 Å². The monoisotopic (exact) mass is 718 g/mol. The quantitative estimate of drug-likeness (QED) is 0.121. The highest BCUT2D eigenvalue weighted by atomic mass is 32.2. The predicted molar refractivity (Wildman–Crippen MR) is 190 cm³/mol. The minimum absolute atomic E-state index is 0.00244. The maximum atomic E-state index is 11.9. The Morgan fingerprint density at radius 1 is 0.480 bits per heavy atom. The normalized spacial score (nSPS) is 10.3. The molecule has 0 fully saturated rings. The lowest BCUT2D eigenvalue weighted by Crippen LogP contribution is -2.13. The fraction of sp³-hybridized carbons (Fsp3) is 0.237. The van der Waals surface area contributed by atoms with Crippen molar-refractivity contribution in [1.82, 2.24) is 0 Å². The van der Waals surface area contributed by atoms with Crippen molar-refractivity contribution in [1.29, 1.82) is 0 Å². The molecule has 4 aromatic rings. The van der Waals surface area contributed by atoms with E-state index in [0.29, 0.717) is 33.1 Å². The highest BCUT2D eigenvalue weighted by molar-refractivity contribution is 7.99. The first-order chi connectivity index (χ1) is 23.5. The minimum Gasteiger partial charge on any atom is -0.427 e. The molecule has 0 radical (unpaired) electrons. The van der Waals surface area contributed by atoms with Crippen LogP contribution >= 0.6 is 23.5 Å². The number of carbonyl (C=O) groups excluding carboxylic acids is 5. The molecule has 0 saturated heterocycles. The summed E-state index contributed by atoms with van der Waals surface area (Å²) >= 11 is 2.92. The Kier molecular flexibility index (Phi) is 14.2. The van der Waals surface area contributed by atoms with Crippen molar-refractivity contribution < 1.29 is 47.7 Å². The fourth-order valence-corrected chi connectivity index (χ4v) is 6.54. The van der Waals surface area contributed by atoms with E-state index in [2.05, 4.69) is 12.1 Å². The van der Waals surface area contributed by atoms with E-state index in [4.69, 9.17) is 23.7 Å². The molecule has 0 spiro atoms. The summed E-state index contributed by atoms with van der Waals surface area (Å²) in [6.07, 6.45) is 0. The third-order valence-electron chi connectivity index (χ3n) is 6.50. The number of hydrogen-bond acceptors (Lipinski definition) is 12. The maximum Gasteiger partial charge on any atom is 0.308 e. The zero-order valence-corrected chi connectivity index (χ0v) is 30.9. The summed E-state index contributed by atoms with van der Waals surface area (Å²) in [5.74, 6) is -1.34. The third kappa shape index (κ3) is 11.5. The Hall–Kier alpha value is -5.07. The second kappa shape index (κ2) is 18.1. The van der Waals surface area contributed by atoms with Crippen LogP contribution in [0.15, 0.2) is 86.3 Å². The summed E-state index contributed by atoms with van der Waals surface area (Å²) in [5, 5.41) is 0. The van der Waals surface area contributed by atoms with E-state index < -0.39 is 23.9 Å². The van der Waals surface area contributed by atoms with Crippen LogP contribution in [-0.4, -0.2) is 29.8 Å². The largest absolute Gasteiger partial charge is 0.427 e. The van der Waals surface area contributed by atoms with Crippen molar-refractivity contribution in [3.8, 4) is 28.7 Å². The molecule has 0 aliphatic carbocycles. The molecule has 4 rings (SSSR count). The molecule has 0 N–H and O–H groups in total. The van der Waals surface area contributed by atoms with Crippen molar-refractivity contribution in [3.05, 3.63) is 89.0 Å². The average molecular weight is 719 g/mol. The number of esters is 5. The van der Waals surface area contributed by atoms with Gasteiger partial charge in [0.25, 0.3) is 0 Å². The molecule has 262 valence electrons. The average Bonchev–Trinajstić information content (AvgIpc) is 3.02. The van der Waals surface area contributed by atoms with Crippen LogP contribution in [0.25, 0.3) is 0 Å². The first kappa shape index (κ1) is 39.4. The van der Waals surface area contributed by atoms with Gasteiger partial charge in [0.2, 0.25) is 0 Å². The van der Waals surface area contributed by atoms with Gasteiger partial charge < -0.3 is 23.7 Å². The Bertz CT molecular complexity index is 1900. The van der Waals surface area contributed by atoms with Gasteiger partial charge >= 0.3 is 29.8 Å². The minimum atomic E-state index is -0.624. The van der Waals surface area contributed by atoms with Crippen LogP contribution < -0.4 is 23.7 Å². The smallest absolute Gasteiger partial charge is 0.308 e. The first-order valence-corrected chi connectivity index (χ1v) is 16.9. The van der Waals surface area contributed by atoms with Gasteiger partial charge in [-0.05, 0) is 81.8 Å². The molecule has 50 heavy (non-hydrogen) atoms. The number of benzene rings is 4. The highest BCUT2D eigenvalue weighted by Crippen LogP contribution is 2.51. The van der Waals surface area contributed by atoms with Crippen molar-refractivity contribution in [2.75, 3.05) is 0 Å². The van der Waals surface area contributed by atoms with Crippen molar-refractivity contribution in [3.63, 3.8) is 0 Å². The Balaban J connectivity index is 0.000000331. The van der Waals surface area contributed by atoms with Gasteiger partial charge in [-0.2, -0.15) is 0 Å². The van der Waals surface area contributed by atoms with E-state index in [9.17, 15) is 24.0 Å². The lowest BCUT2D eigenvalue weighted by molar-refractivity contribution is -0.134. The highest BCUT2D eigenvalue weighted by Gasteiger charge is 2.27. The van der Waals surface area contributed by atoms with Gasteiger partial charge in [0.1, 0.15) is 11.5 Å². The number of aryl methyl sites for hydroxylation is 1. The molecule has 12 heteroatoms. The van der Waals surface area contributed by atoms with Gasteiger partial charge in [0.15, 0.2) is 17.2 Å². The molecule has 10 nitrogen and oxygen atoms in total. The summed E-state index contributed by atoms with van der Waals surface area (Å²) < 4.78 is 26.5. The molecule has 0 aliphatic heterocycles. The van der Waals surface area contributed by atoms with Crippen LogP contribution in [0.4, 0.5) is 0 Å². The molecule has 0 aromatic heterocycles. The Labute approximate surface area is 299 Å². The fourth-order valence-electron chi connectivity index (χ4n) is 4.45. The van der Waals surface area contributed by atoms with E-state index in [1.54, 1.807) is 50.7 Å². The van der Waals surface area contributed by atoms with Crippen LogP contribution in [0.3, 0.4) is 0 Å². The van der Waals surface area contributed by atoms with Crippen molar-refractivity contribution in [2.45, 2.75) is 81.9 Å². The molecule has 0 aliphatic rings. The summed E-state index contributed by atoms with van der Waals surface area (Å²) in [4.78, 5) is 61.2. The molecular formula is C38H38O10S2. The number of rotatable bonds is 9. The molecule has 4 aromatic carbocycles. The lowest BCUT2D eigenvalue weighted by Gasteiger charge is -2.22. The molecule has 0 unspecified atom stereocenters. The van der Waals surface area contributed by atoms with E-state index >= 15 is 0 Å². The van der Waals surface area contributed by atoms with Gasteiger partial charge in [-0.1, -0.05) is 41.7 Å². The van der Waals surface area contributed by atoms with Gasteiger partial charge in [-0.15, -0.1) is 0 Å². The van der Waals surface area contributed by atoms with Gasteiger partial charge in [0, 0.05) is 66.0 Å². The topological polar surface area (TPSA) is 132 Å². The summed E-state index contributed by atoms with van der Waals surface area (Å²) in [5.41, 5.74) is 2.29.